The van der Waals surface area contributed by atoms with Crippen molar-refractivity contribution in [2.45, 2.75) is 6.92 Å². The van der Waals surface area contributed by atoms with Crippen LogP contribution in [0.15, 0.2) is 42.5 Å². The van der Waals surface area contributed by atoms with E-state index in [0.29, 0.717) is 21.7 Å². The fraction of sp³-hybridized carbons (Fsp3) is 0.133. The van der Waals surface area contributed by atoms with Gasteiger partial charge in [-0.25, -0.2) is 4.79 Å². The Morgan fingerprint density at radius 2 is 1.90 bits per heavy atom. The summed E-state index contributed by atoms with van der Waals surface area (Å²) >= 11 is 6.17. The van der Waals surface area contributed by atoms with Crippen LogP contribution >= 0.6 is 11.6 Å². The lowest BCUT2D eigenvalue weighted by molar-refractivity contribution is -0.384. The number of carbonyl (C=O) groups excluding carboxylic acids is 1. The molecule has 0 saturated carbocycles. The fourth-order valence-corrected chi connectivity index (χ4v) is 2.23. The molecular formula is C15H12ClNO4. The summed E-state index contributed by atoms with van der Waals surface area (Å²) in [6, 6.07) is 10.8. The molecule has 0 radical (unpaired) electrons. The Bertz CT molecular complexity index is 683. The molecule has 0 spiro atoms. The van der Waals surface area contributed by atoms with E-state index >= 15 is 0 Å². The minimum atomic E-state index is -0.483. The van der Waals surface area contributed by atoms with E-state index in [1.54, 1.807) is 37.3 Å². The molecule has 6 heteroatoms. The molecule has 0 N–H and O–H groups in total. The topological polar surface area (TPSA) is 69.4 Å². The van der Waals surface area contributed by atoms with Crippen LogP contribution in [0.2, 0.25) is 5.02 Å². The molecule has 0 unspecified atom stereocenters. The highest BCUT2D eigenvalue weighted by Crippen LogP contribution is 2.32. The molecule has 0 bridgehead atoms. The first-order valence-electron chi connectivity index (χ1n) is 6.25. The average molecular weight is 306 g/mol. The predicted octanol–water partition coefficient (Wildman–Crippen LogP) is 4.09. The van der Waals surface area contributed by atoms with E-state index < -0.39 is 10.9 Å². The Morgan fingerprint density at radius 1 is 1.24 bits per heavy atom. The van der Waals surface area contributed by atoms with Crippen LogP contribution in [0.1, 0.15) is 17.3 Å². The number of esters is 1. The van der Waals surface area contributed by atoms with E-state index in [2.05, 4.69) is 0 Å². The maximum atomic E-state index is 12.0. The van der Waals surface area contributed by atoms with Gasteiger partial charge in [0, 0.05) is 22.7 Å². The van der Waals surface area contributed by atoms with E-state index in [1.807, 2.05) is 0 Å². The highest BCUT2D eigenvalue weighted by atomic mass is 35.5. The van der Waals surface area contributed by atoms with Crippen molar-refractivity contribution < 1.29 is 14.5 Å². The molecule has 2 rings (SSSR count). The summed E-state index contributed by atoms with van der Waals surface area (Å²) in [6.45, 7) is 1.97. The lowest BCUT2D eigenvalue weighted by atomic mass is 9.99. The highest BCUT2D eigenvalue weighted by molar-refractivity contribution is 6.34. The molecule has 2 aromatic rings. The molecular weight excluding hydrogens is 294 g/mol. The summed E-state index contributed by atoms with van der Waals surface area (Å²) in [7, 11) is 0. The smallest absolute Gasteiger partial charge is 0.338 e. The summed E-state index contributed by atoms with van der Waals surface area (Å²) < 4.78 is 5.00. The van der Waals surface area contributed by atoms with E-state index in [1.165, 1.54) is 12.1 Å². The molecule has 108 valence electrons. The van der Waals surface area contributed by atoms with Gasteiger partial charge in [0.25, 0.3) is 5.69 Å². The summed E-state index contributed by atoms with van der Waals surface area (Å²) in [6.07, 6.45) is 0. The van der Waals surface area contributed by atoms with E-state index in [9.17, 15) is 14.9 Å². The molecule has 0 heterocycles. The van der Waals surface area contributed by atoms with Gasteiger partial charge in [0.1, 0.15) is 0 Å². The Labute approximate surface area is 126 Å². The Balaban J connectivity index is 2.52. The minimum absolute atomic E-state index is 0.0245. The molecule has 0 aliphatic heterocycles. The molecule has 0 aliphatic carbocycles. The zero-order valence-electron chi connectivity index (χ0n) is 11.2. The summed E-state index contributed by atoms with van der Waals surface area (Å²) in [5.74, 6) is -0.478. The van der Waals surface area contributed by atoms with Crippen molar-refractivity contribution in [3.05, 3.63) is 63.2 Å². The van der Waals surface area contributed by atoms with Gasteiger partial charge in [0.15, 0.2) is 0 Å². The van der Waals surface area contributed by atoms with Crippen LogP contribution in [-0.4, -0.2) is 17.5 Å². The van der Waals surface area contributed by atoms with Crippen LogP contribution in [0.3, 0.4) is 0 Å². The Kier molecular flexibility index (Phi) is 4.55. The molecule has 0 atom stereocenters. The fourth-order valence-electron chi connectivity index (χ4n) is 1.95. The highest BCUT2D eigenvalue weighted by Gasteiger charge is 2.17. The number of halogens is 1. The van der Waals surface area contributed by atoms with Gasteiger partial charge in [-0.1, -0.05) is 17.7 Å². The van der Waals surface area contributed by atoms with Crippen LogP contribution in [0.4, 0.5) is 5.69 Å². The number of carbonyl (C=O) groups is 1. The maximum absolute atomic E-state index is 12.0. The number of nitro benzene ring substituents is 1. The predicted molar refractivity (Wildman–Crippen MR) is 79.5 cm³/mol. The van der Waals surface area contributed by atoms with Crippen molar-refractivity contribution >= 4 is 23.3 Å². The van der Waals surface area contributed by atoms with Crippen molar-refractivity contribution in [2.24, 2.45) is 0 Å². The van der Waals surface area contributed by atoms with Gasteiger partial charge < -0.3 is 4.74 Å². The third-order valence-corrected chi connectivity index (χ3v) is 3.19. The van der Waals surface area contributed by atoms with Crippen molar-refractivity contribution in [1.29, 1.82) is 0 Å². The second-order valence-electron chi connectivity index (χ2n) is 4.19. The minimum Gasteiger partial charge on any atom is -0.462 e. The normalized spacial score (nSPS) is 10.2. The van der Waals surface area contributed by atoms with Crippen LogP contribution in [0.25, 0.3) is 11.1 Å². The summed E-state index contributed by atoms with van der Waals surface area (Å²) in [5, 5.41) is 11.1. The van der Waals surface area contributed by atoms with E-state index in [4.69, 9.17) is 16.3 Å². The van der Waals surface area contributed by atoms with Gasteiger partial charge in [0.2, 0.25) is 0 Å². The van der Waals surface area contributed by atoms with Crippen LogP contribution in [0.5, 0.6) is 0 Å². The van der Waals surface area contributed by atoms with E-state index in [-0.39, 0.29) is 12.3 Å². The SMILES string of the molecule is CCOC(=O)c1cccc(Cl)c1-c1ccc([N+](=O)[O-])cc1. The number of nitrogens with zero attached hydrogens (tertiary/aromatic N) is 1. The first-order valence-corrected chi connectivity index (χ1v) is 6.63. The molecule has 2 aromatic carbocycles. The molecule has 0 aliphatic rings. The molecule has 0 amide bonds. The molecule has 0 saturated heterocycles. The van der Waals surface area contributed by atoms with Gasteiger partial charge in [0.05, 0.1) is 17.1 Å². The number of benzene rings is 2. The second kappa shape index (κ2) is 6.37. The van der Waals surface area contributed by atoms with Crippen LogP contribution in [0, 0.1) is 10.1 Å². The Hall–Kier alpha value is -2.40. The van der Waals surface area contributed by atoms with Crippen LogP contribution in [-0.2, 0) is 4.74 Å². The molecule has 0 fully saturated rings. The number of non-ortho nitro benzene ring substituents is 1. The maximum Gasteiger partial charge on any atom is 0.338 e. The number of hydrogen-bond acceptors (Lipinski definition) is 4. The summed E-state index contributed by atoms with van der Waals surface area (Å²) in [4.78, 5) is 22.2. The number of rotatable bonds is 4. The Morgan fingerprint density at radius 3 is 2.48 bits per heavy atom. The lowest BCUT2D eigenvalue weighted by Crippen LogP contribution is -2.06. The zero-order chi connectivity index (χ0) is 15.4. The van der Waals surface area contributed by atoms with Gasteiger partial charge in [-0.15, -0.1) is 0 Å². The quantitative estimate of drug-likeness (QED) is 0.484. The average Bonchev–Trinajstić information content (AvgIpc) is 2.47. The standard InChI is InChI=1S/C15H12ClNO4/c1-2-21-15(18)12-4-3-5-13(16)14(12)10-6-8-11(9-7-10)17(19)20/h3-9H,2H2,1H3. The number of hydrogen-bond donors (Lipinski definition) is 0. The van der Waals surface area contributed by atoms with Crippen LogP contribution < -0.4 is 0 Å². The molecule has 5 nitrogen and oxygen atoms in total. The van der Waals surface area contributed by atoms with Crippen molar-refractivity contribution in [3.8, 4) is 11.1 Å². The monoisotopic (exact) mass is 305 g/mol. The second-order valence-corrected chi connectivity index (χ2v) is 4.59. The third kappa shape index (κ3) is 3.20. The largest absolute Gasteiger partial charge is 0.462 e. The lowest BCUT2D eigenvalue weighted by Gasteiger charge is -2.10. The van der Waals surface area contributed by atoms with Gasteiger partial charge in [-0.05, 0) is 36.8 Å². The zero-order valence-corrected chi connectivity index (χ0v) is 12.0. The number of ether oxygens (including phenoxy) is 1. The first kappa shape index (κ1) is 15.0. The van der Waals surface area contributed by atoms with Gasteiger partial charge in [-0.2, -0.15) is 0 Å². The van der Waals surface area contributed by atoms with Crippen molar-refractivity contribution in [2.75, 3.05) is 6.61 Å². The van der Waals surface area contributed by atoms with Gasteiger partial charge >= 0.3 is 5.97 Å². The van der Waals surface area contributed by atoms with Crippen molar-refractivity contribution in [1.82, 2.24) is 0 Å². The van der Waals surface area contributed by atoms with Crippen molar-refractivity contribution in [3.63, 3.8) is 0 Å². The molecule has 0 aromatic heterocycles. The van der Waals surface area contributed by atoms with Gasteiger partial charge in [-0.3, -0.25) is 10.1 Å². The first-order chi connectivity index (χ1) is 10.0. The molecule has 21 heavy (non-hydrogen) atoms. The third-order valence-electron chi connectivity index (χ3n) is 2.88. The summed E-state index contributed by atoms with van der Waals surface area (Å²) in [5.41, 5.74) is 1.43. The number of nitro groups is 1. The van der Waals surface area contributed by atoms with E-state index in [0.717, 1.165) is 0 Å².